The van der Waals surface area contributed by atoms with Crippen LogP contribution in [0.1, 0.15) is 17.7 Å². The lowest BCUT2D eigenvalue weighted by Crippen LogP contribution is -1.98. The third-order valence-corrected chi connectivity index (χ3v) is 3.69. The molecule has 0 spiro atoms. The molecular weight excluding hydrogens is 311 g/mol. The average Bonchev–Trinajstić information content (AvgIpc) is 2.23. The van der Waals surface area contributed by atoms with Gasteiger partial charge in [0.05, 0.1) is 5.52 Å². The van der Waals surface area contributed by atoms with Crippen LogP contribution >= 0.6 is 22.6 Å². The summed E-state index contributed by atoms with van der Waals surface area (Å²) in [4.78, 5) is 3.98. The molecule has 0 aliphatic carbocycles. The van der Waals surface area contributed by atoms with Crippen molar-refractivity contribution in [2.45, 2.75) is 13.3 Å². The summed E-state index contributed by atoms with van der Waals surface area (Å²) in [6.45, 7) is 1.68. The quantitative estimate of drug-likeness (QED) is 0.722. The van der Waals surface area contributed by atoms with E-state index in [0.29, 0.717) is 11.1 Å². The number of fused-ring (bicyclic) bond motifs is 1. The highest BCUT2D eigenvalue weighted by Crippen LogP contribution is 2.29. The highest BCUT2D eigenvalue weighted by Gasteiger charge is 2.16. The van der Waals surface area contributed by atoms with E-state index in [2.05, 4.69) is 27.6 Å². The lowest BCUT2D eigenvalue weighted by molar-refractivity contribution is 0.145. The topological polar surface area (TPSA) is 12.9 Å². The fourth-order valence-corrected chi connectivity index (χ4v) is 2.23. The predicted octanol–water partition coefficient (Wildman–Crippen LogP) is 4.09. The summed E-state index contributed by atoms with van der Waals surface area (Å²) in [5, 5.41) is 0.931. The SMILES string of the molecule is Cc1c(C(F)F)nc2ccccc2c1I. The second-order valence-corrected chi connectivity index (χ2v) is 4.33. The molecule has 0 aliphatic rings. The molecule has 0 unspecified atom stereocenters. The zero-order valence-corrected chi connectivity index (χ0v) is 10.1. The minimum absolute atomic E-state index is 0.113. The molecular formula is C11H8F2IN. The molecule has 0 amide bonds. The second-order valence-electron chi connectivity index (χ2n) is 3.25. The summed E-state index contributed by atoms with van der Waals surface area (Å²) in [5.41, 5.74) is 1.09. The number of aromatic nitrogens is 1. The molecule has 0 saturated heterocycles. The number of benzene rings is 1. The maximum atomic E-state index is 12.7. The first-order valence-electron chi connectivity index (χ1n) is 4.44. The van der Waals surface area contributed by atoms with Gasteiger partial charge >= 0.3 is 0 Å². The number of para-hydroxylation sites is 1. The van der Waals surface area contributed by atoms with Gasteiger partial charge in [-0.2, -0.15) is 0 Å². The molecule has 4 heteroatoms. The molecule has 0 atom stereocenters. The zero-order chi connectivity index (χ0) is 11.0. The summed E-state index contributed by atoms with van der Waals surface area (Å²) in [6.07, 6.45) is -2.51. The minimum atomic E-state index is -2.51. The molecule has 1 aromatic carbocycles. The van der Waals surface area contributed by atoms with Crippen LogP contribution in [0.4, 0.5) is 8.78 Å². The Kier molecular flexibility index (Phi) is 2.86. The van der Waals surface area contributed by atoms with Crippen LogP contribution < -0.4 is 0 Å². The average molecular weight is 319 g/mol. The summed E-state index contributed by atoms with van der Waals surface area (Å²) < 4.78 is 26.2. The lowest BCUT2D eigenvalue weighted by Gasteiger charge is -2.09. The normalized spacial score (nSPS) is 11.3. The predicted molar refractivity (Wildman–Crippen MR) is 64.2 cm³/mol. The van der Waals surface area contributed by atoms with E-state index in [-0.39, 0.29) is 5.69 Å². The van der Waals surface area contributed by atoms with Gasteiger partial charge in [-0.25, -0.2) is 13.8 Å². The maximum absolute atomic E-state index is 12.7. The molecule has 0 bridgehead atoms. The Morgan fingerprint density at radius 1 is 1.27 bits per heavy atom. The minimum Gasteiger partial charge on any atom is -0.246 e. The smallest absolute Gasteiger partial charge is 0.246 e. The van der Waals surface area contributed by atoms with Crippen LogP contribution in [0.2, 0.25) is 0 Å². The number of halogens is 3. The Labute approximate surface area is 99.7 Å². The monoisotopic (exact) mass is 319 g/mol. The Bertz CT molecular complexity index is 511. The van der Waals surface area contributed by atoms with Crippen molar-refractivity contribution in [3.05, 3.63) is 39.1 Å². The highest BCUT2D eigenvalue weighted by molar-refractivity contribution is 14.1. The molecule has 1 aromatic heterocycles. The van der Waals surface area contributed by atoms with Crippen LogP contribution in [-0.2, 0) is 0 Å². The highest BCUT2D eigenvalue weighted by atomic mass is 127. The van der Waals surface area contributed by atoms with Crippen molar-refractivity contribution in [2.24, 2.45) is 0 Å². The number of hydrogen-bond donors (Lipinski definition) is 0. The number of pyridine rings is 1. The van der Waals surface area contributed by atoms with Gasteiger partial charge in [-0.3, -0.25) is 0 Å². The van der Waals surface area contributed by atoms with Gasteiger partial charge in [0.15, 0.2) is 0 Å². The van der Waals surface area contributed by atoms with E-state index in [0.717, 1.165) is 8.96 Å². The van der Waals surface area contributed by atoms with Gasteiger partial charge in [0.1, 0.15) is 5.69 Å². The molecule has 2 aromatic rings. The molecule has 1 heterocycles. The summed E-state index contributed by atoms with van der Waals surface area (Å²) in [6, 6.07) is 7.33. The van der Waals surface area contributed by atoms with Crippen LogP contribution in [0, 0.1) is 10.5 Å². The van der Waals surface area contributed by atoms with Gasteiger partial charge in [-0.05, 0) is 41.1 Å². The third-order valence-electron chi connectivity index (χ3n) is 2.30. The first kappa shape index (κ1) is 10.7. The van der Waals surface area contributed by atoms with Gasteiger partial charge in [0, 0.05) is 8.96 Å². The van der Waals surface area contributed by atoms with E-state index < -0.39 is 6.43 Å². The standard InChI is InChI=1S/C11H8F2IN/c1-6-9(14)7-4-2-3-5-8(7)15-10(6)11(12)13/h2-5,11H,1H3. The Hall–Kier alpha value is -0.780. The summed E-state index contributed by atoms with van der Waals surface area (Å²) in [7, 11) is 0. The molecule has 0 fully saturated rings. The Balaban J connectivity index is 2.82. The van der Waals surface area contributed by atoms with Crippen LogP contribution in [-0.4, -0.2) is 4.98 Å². The van der Waals surface area contributed by atoms with Crippen LogP contribution in [0.5, 0.6) is 0 Å². The van der Waals surface area contributed by atoms with Gasteiger partial charge < -0.3 is 0 Å². The Morgan fingerprint density at radius 3 is 2.60 bits per heavy atom. The molecule has 0 saturated carbocycles. The second kappa shape index (κ2) is 4.00. The van der Waals surface area contributed by atoms with Crippen molar-refractivity contribution in [1.29, 1.82) is 0 Å². The molecule has 2 rings (SSSR count). The van der Waals surface area contributed by atoms with Crippen molar-refractivity contribution in [2.75, 3.05) is 0 Å². The van der Waals surface area contributed by atoms with Crippen molar-refractivity contribution < 1.29 is 8.78 Å². The van der Waals surface area contributed by atoms with Crippen LogP contribution in [0.3, 0.4) is 0 Å². The Morgan fingerprint density at radius 2 is 1.93 bits per heavy atom. The number of rotatable bonds is 1. The first-order chi connectivity index (χ1) is 7.11. The van der Waals surface area contributed by atoms with Crippen LogP contribution in [0.25, 0.3) is 10.9 Å². The van der Waals surface area contributed by atoms with Gasteiger partial charge in [-0.1, -0.05) is 18.2 Å². The molecule has 0 N–H and O–H groups in total. The van der Waals surface area contributed by atoms with E-state index in [1.807, 2.05) is 12.1 Å². The largest absolute Gasteiger partial charge is 0.280 e. The van der Waals surface area contributed by atoms with Gasteiger partial charge in [-0.15, -0.1) is 0 Å². The van der Waals surface area contributed by atoms with E-state index in [1.165, 1.54) is 0 Å². The van der Waals surface area contributed by atoms with E-state index in [1.54, 1.807) is 19.1 Å². The van der Waals surface area contributed by atoms with Gasteiger partial charge in [0.25, 0.3) is 6.43 Å². The molecule has 1 nitrogen and oxygen atoms in total. The van der Waals surface area contributed by atoms with Gasteiger partial charge in [0.2, 0.25) is 0 Å². The molecule has 0 radical (unpaired) electrons. The fourth-order valence-electron chi connectivity index (χ4n) is 1.50. The number of nitrogens with zero attached hydrogens (tertiary/aromatic N) is 1. The summed E-state index contributed by atoms with van der Waals surface area (Å²) in [5.74, 6) is 0. The first-order valence-corrected chi connectivity index (χ1v) is 5.52. The van der Waals surface area contributed by atoms with E-state index >= 15 is 0 Å². The van der Waals surface area contributed by atoms with Crippen LogP contribution in [0.15, 0.2) is 24.3 Å². The fraction of sp³-hybridized carbons (Fsp3) is 0.182. The molecule has 15 heavy (non-hydrogen) atoms. The maximum Gasteiger partial charge on any atom is 0.280 e. The van der Waals surface area contributed by atoms with E-state index in [4.69, 9.17) is 0 Å². The third kappa shape index (κ3) is 1.82. The molecule has 78 valence electrons. The van der Waals surface area contributed by atoms with Crippen molar-refractivity contribution in [3.8, 4) is 0 Å². The van der Waals surface area contributed by atoms with Crippen molar-refractivity contribution in [3.63, 3.8) is 0 Å². The van der Waals surface area contributed by atoms with Crippen molar-refractivity contribution >= 4 is 33.5 Å². The number of alkyl halides is 2. The van der Waals surface area contributed by atoms with Crippen molar-refractivity contribution in [1.82, 2.24) is 4.98 Å². The zero-order valence-electron chi connectivity index (χ0n) is 7.97. The summed E-state index contributed by atoms with van der Waals surface area (Å²) >= 11 is 2.09. The molecule has 0 aliphatic heterocycles. The number of hydrogen-bond acceptors (Lipinski definition) is 1. The van der Waals surface area contributed by atoms with E-state index in [9.17, 15) is 8.78 Å². The lowest BCUT2D eigenvalue weighted by atomic mass is 10.1.